The Kier molecular flexibility index (Phi) is 6.31. The third-order valence-corrected chi connectivity index (χ3v) is 4.60. The van der Waals surface area contributed by atoms with Gasteiger partial charge in [0.2, 0.25) is 0 Å². The van der Waals surface area contributed by atoms with E-state index < -0.39 is 0 Å². The van der Waals surface area contributed by atoms with Crippen LogP contribution in [0.15, 0.2) is 10.5 Å². The highest BCUT2D eigenvalue weighted by molar-refractivity contribution is 5.20. The lowest BCUT2D eigenvalue weighted by Crippen LogP contribution is -2.33. The lowest BCUT2D eigenvalue weighted by atomic mass is 9.94. The van der Waals surface area contributed by atoms with Gasteiger partial charge in [0.15, 0.2) is 0 Å². The molecule has 0 atom stereocenters. The van der Waals surface area contributed by atoms with Crippen molar-refractivity contribution in [2.75, 3.05) is 19.6 Å². The summed E-state index contributed by atoms with van der Waals surface area (Å²) >= 11 is 0. The average molecular weight is 292 g/mol. The van der Waals surface area contributed by atoms with Crippen LogP contribution in [0.2, 0.25) is 0 Å². The molecule has 1 N–H and O–H groups in total. The Hall–Kier alpha value is -0.800. The van der Waals surface area contributed by atoms with Crippen molar-refractivity contribution in [3.05, 3.63) is 23.2 Å². The van der Waals surface area contributed by atoms with E-state index in [4.69, 9.17) is 4.42 Å². The van der Waals surface area contributed by atoms with Crippen LogP contribution in [-0.2, 0) is 13.1 Å². The standard InChI is InChI=1S/C18H32N2O/c1-5-16-6-8-20(9-7-16)13-17-10-18(21-15(17)4)12-19-11-14(2)3/h10,14,16,19H,5-9,11-13H2,1-4H3. The van der Waals surface area contributed by atoms with Gasteiger partial charge in [0.05, 0.1) is 6.54 Å². The van der Waals surface area contributed by atoms with E-state index in [2.05, 4.69) is 44.0 Å². The highest BCUT2D eigenvalue weighted by atomic mass is 16.3. The van der Waals surface area contributed by atoms with E-state index in [9.17, 15) is 0 Å². The molecule has 1 aromatic rings. The third kappa shape index (κ3) is 5.15. The predicted octanol–water partition coefficient (Wildman–Crippen LogP) is 3.96. The van der Waals surface area contributed by atoms with Gasteiger partial charge in [0, 0.05) is 12.1 Å². The number of aryl methyl sites for hydroxylation is 1. The van der Waals surface area contributed by atoms with Gasteiger partial charge in [-0.05, 0) is 57.3 Å². The summed E-state index contributed by atoms with van der Waals surface area (Å²) in [7, 11) is 0. The zero-order chi connectivity index (χ0) is 15.2. The van der Waals surface area contributed by atoms with Gasteiger partial charge in [-0.3, -0.25) is 4.90 Å². The largest absolute Gasteiger partial charge is 0.465 e. The third-order valence-electron chi connectivity index (χ3n) is 4.60. The smallest absolute Gasteiger partial charge is 0.118 e. The summed E-state index contributed by atoms with van der Waals surface area (Å²) < 4.78 is 5.89. The number of likely N-dealkylation sites (tertiary alicyclic amines) is 1. The van der Waals surface area contributed by atoms with Gasteiger partial charge in [-0.15, -0.1) is 0 Å². The highest BCUT2D eigenvalue weighted by Gasteiger charge is 2.19. The van der Waals surface area contributed by atoms with E-state index in [1.807, 2.05) is 0 Å². The Balaban J connectivity index is 1.82. The predicted molar refractivity (Wildman–Crippen MR) is 88.3 cm³/mol. The lowest BCUT2D eigenvalue weighted by molar-refractivity contribution is 0.174. The number of furan rings is 1. The van der Waals surface area contributed by atoms with E-state index >= 15 is 0 Å². The summed E-state index contributed by atoms with van der Waals surface area (Å²) in [5.74, 6) is 3.79. The molecule has 1 aliphatic heterocycles. The summed E-state index contributed by atoms with van der Waals surface area (Å²) in [4.78, 5) is 2.58. The van der Waals surface area contributed by atoms with Crippen molar-refractivity contribution in [1.29, 1.82) is 0 Å². The first-order chi connectivity index (χ1) is 10.1. The number of rotatable bonds is 7. The summed E-state index contributed by atoms with van der Waals surface area (Å²) in [6, 6.07) is 2.24. The van der Waals surface area contributed by atoms with Gasteiger partial charge in [-0.2, -0.15) is 0 Å². The quantitative estimate of drug-likeness (QED) is 0.824. The molecule has 21 heavy (non-hydrogen) atoms. The molecular weight excluding hydrogens is 260 g/mol. The topological polar surface area (TPSA) is 28.4 Å². The van der Waals surface area contributed by atoms with Crippen LogP contribution in [0.5, 0.6) is 0 Å². The van der Waals surface area contributed by atoms with Crippen molar-refractivity contribution in [2.45, 2.75) is 60.0 Å². The minimum absolute atomic E-state index is 0.681. The highest BCUT2D eigenvalue weighted by Crippen LogP contribution is 2.23. The number of nitrogens with one attached hydrogen (secondary N) is 1. The summed E-state index contributed by atoms with van der Waals surface area (Å²) in [5.41, 5.74) is 1.37. The molecule has 3 nitrogen and oxygen atoms in total. The first kappa shape index (κ1) is 16.6. The Morgan fingerprint density at radius 3 is 2.67 bits per heavy atom. The Morgan fingerprint density at radius 2 is 2.05 bits per heavy atom. The van der Waals surface area contributed by atoms with E-state index in [0.717, 1.165) is 37.1 Å². The molecule has 2 rings (SSSR count). The normalized spacial score (nSPS) is 17.8. The molecule has 1 fully saturated rings. The molecule has 0 spiro atoms. The number of hydrogen-bond donors (Lipinski definition) is 1. The van der Waals surface area contributed by atoms with Gasteiger partial charge >= 0.3 is 0 Å². The van der Waals surface area contributed by atoms with Crippen LogP contribution in [0.1, 0.15) is 57.1 Å². The maximum absolute atomic E-state index is 5.89. The molecule has 0 bridgehead atoms. The second-order valence-electron chi connectivity index (χ2n) is 6.95. The maximum Gasteiger partial charge on any atom is 0.118 e. The van der Waals surface area contributed by atoms with Crippen molar-refractivity contribution >= 4 is 0 Å². The molecule has 1 aromatic heterocycles. The van der Waals surface area contributed by atoms with Crippen molar-refractivity contribution in [3.8, 4) is 0 Å². The van der Waals surface area contributed by atoms with Crippen LogP contribution < -0.4 is 5.32 Å². The van der Waals surface area contributed by atoms with Crippen molar-refractivity contribution < 1.29 is 4.42 Å². The monoisotopic (exact) mass is 292 g/mol. The van der Waals surface area contributed by atoms with E-state index in [0.29, 0.717) is 5.92 Å². The fourth-order valence-electron chi connectivity index (χ4n) is 3.11. The van der Waals surface area contributed by atoms with E-state index in [1.165, 1.54) is 37.9 Å². The second-order valence-corrected chi connectivity index (χ2v) is 6.95. The van der Waals surface area contributed by atoms with Gasteiger partial charge in [0.1, 0.15) is 11.5 Å². The number of hydrogen-bond acceptors (Lipinski definition) is 3. The molecule has 1 aliphatic rings. The van der Waals surface area contributed by atoms with Gasteiger partial charge in [0.25, 0.3) is 0 Å². The minimum atomic E-state index is 0.681. The van der Waals surface area contributed by atoms with E-state index in [1.54, 1.807) is 0 Å². The SMILES string of the molecule is CCC1CCN(Cc2cc(CNCC(C)C)oc2C)CC1. The average Bonchev–Trinajstić information content (AvgIpc) is 2.79. The van der Waals surface area contributed by atoms with Crippen LogP contribution in [0.4, 0.5) is 0 Å². The van der Waals surface area contributed by atoms with Crippen molar-refractivity contribution in [1.82, 2.24) is 10.2 Å². The zero-order valence-electron chi connectivity index (χ0n) is 14.2. The first-order valence-corrected chi connectivity index (χ1v) is 8.59. The van der Waals surface area contributed by atoms with Crippen LogP contribution in [-0.4, -0.2) is 24.5 Å². The fourth-order valence-corrected chi connectivity index (χ4v) is 3.11. The van der Waals surface area contributed by atoms with Crippen molar-refractivity contribution in [2.24, 2.45) is 11.8 Å². The molecule has 0 amide bonds. The Labute approximate surface area is 130 Å². The molecule has 0 unspecified atom stereocenters. The van der Waals surface area contributed by atoms with Gasteiger partial charge in [-0.1, -0.05) is 27.2 Å². The van der Waals surface area contributed by atoms with Crippen LogP contribution in [0.3, 0.4) is 0 Å². The molecule has 0 saturated carbocycles. The summed E-state index contributed by atoms with van der Waals surface area (Å²) in [6.45, 7) is 14.3. The Bertz CT molecular complexity index is 417. The lowest BCUT2D eigenvalue weighted by Gasteiger charge is -2.31. The molecule has 2 heterocycles. The molecular formula is C18H32N2O. The molecule has 120 valence electrons. The van der Waals surface area contributed by atoms with Crippen LogP contribution in [0.25, 0.3) is 0 Å². The maximum atomic E-state index is 5.89. The molecule has 0 aromatic carbocycles. The summed E-state index contributed by atoms with van der Waals surface area (Å²) in [5, 5.41) is 3.45. The van der Waals surface area contributed by atoms with Crippen molar-refractivity contribution in [3.63, 3.8) is 0 Å². The van der Waals surface area contributed by atoms with Gasteiger partial charge < -0.3 is 9.73 Å². The van der Waals surface area contributed by atoms with Crippen LogP contribution in [0, 0.1) is 18.8 Å². The molecule has 1 saturated heterocycles. The fraction of sp³-hybridized carbons (Fsp3) is 0.778. The second kappa shape index (κ2) is 8.00. The minimum Gasteiger partial charge on any atom is -0.465 e. The van der Waals surface area contributed by atoms with Gasteiger partial charge in [-0.25, -0.2) is 0 Å². The summed E-state index contributed by atoms with van der Waals surface area (Å²) in [6.07, 6.45) is 4.05. The molecule has 0 aliphatic carbocycles. The number of piperidine rings is 1. The first-order valence-electron chi connectivity index (χ1n) is 8.59. The molecule has 3 heteroatoms. The Morgan fingerprint density at radius 1 is 1.33 bits per heavy atom. The zero-order valence-corrected chi connectivity index (χ0v) is 14.2. The molecule has 0 radical (unpaired) electrons. The van der Waals surface area contributed by atoms with Crippen LogP contribution >= 0.6 is 0 Å². The number of nitrogens with zero attached hydrogens (tertiary/aromatic N) is 1. The van der Waals surface area contributed by atoms with E-state index in [-0.39, 0.29) is 0 Å².